The number of hydrogen-bond acceptors (Lipinski definition) is 4. The monoisotopic (exact) mass is 389 g/mol. The van der Waals surface area contributed by atoms with E-state index in [1.165, 1.54) is 12.1 Å². The lowest BCUT2D eigenvalue weighted by molar-refractivity contribution is -0.143. The normalized spacial score (nSPS) is 16.0. The van der Waals surface area contributed by atoms with E-state index in [1.807, 2.05) is 0 Å². The van der Waals surface area contributed by atoms with E-state index in [9.17, 15) is 18.0 Å². The molecule has 22 heavy (non-hydrogen) atoms. The number of nitrogens with one attached hydrogen (secondary N) is 1. The van der Waals surface area contributed by atoms with Gasteiger partial charge in [0.1, 0.15) is 5.54 Å². The molecule has 0 aliphatic heterocycles. The second-order valence-electron chi connectivity index (χ2n) is 5.31. The second-order valence-corrected chi connectivity index (χ2v) is 8.34. The number of hydrogen-bond donors (Lipinski definition) is 2. The van der Waals surface area contributed by atoms with E-state index in [4.69, 9.17) is 5.11 Å². The third kappa shape index (κ3) is 4.07. The van der Waals surface area contributed by atoms with Crippen molar-refractivity contribution in [3.05, 3.63) is 28.7 Å². The molecular formula is C14H16BrNO5S. The fourth-order valence-electron chi connectivity index (χ4n) is 2.03. The molecule has 1 aliphatic carbocycles. The van der Waals surface area contributed by atoms with Gasteiger partial charge in [-0.3, -0.25) is 4.79 Å². The number of sulfone groups is 1. The number of carboxylic acid groups (broad SMARTS) is 1. The van der Waals surface area contributed by atoms with Crippen molar-refractivity contribution in [3.8, 4) is 0 Å². The summed E-state index contributed by atoms with van der Waals surface area (Å²) < 4.78 is 25.0. The molecule has 2 N–H and O–H groups in total. The van der Waals surface area contributed by atoms with Crippen molar-refractivity contribution in [2.45, 2.75) is 36.1 Å². The minimum Gasteiger partial charge on any atom is -0.480 e. The van der Waals surface area contributed by atoms with E-state index in [0.29, 0.717) is 12.8 Å². The van der Waals surface area contributed by atoms with Gasteiger partial charge in [0, 0.05) is 10.9 Å². The van der Waals surface area contributed by atoms with Gasteiger partial charge in [0.25, 0.3) is 0 Å². The van der Waals surface area contributed by atoms with Gasteiger partial charge >= 0.3 is 5.97 Å². The maximum atomic E-state index is 12.1. The molecule has 0 bridgehead atoms. The standard InChI is InChI=1S/C14H16BrNO5S/c15-10-3-5-11(6-4-10)22(20,21)9-1-2-12(17)16-14(7-8-14)13(18)19/h3-6H,1-2,7-9H2,(H,16,17)(H,18,19). The van der Waals surface area contributed by atoms with Crippen LogP contribution in [0.2, 0.25) is 0 Å². The molecule has 2 rings (SSSR count). The maximum absolute atomic E-state index is 12.1. The summed E-state index contributed by atoms with van der Waals surface area (Å²) in [5.41, 5.74) is -1.12. The van der Waals surface area contributed by atoms with Crippen LogP contribution in [0.3, 0.4) is 0 Å². The highest BCUT2D eigenvalue weighted by atomic mass is 79.9. The summed E-state index contributed by atoms with van der Waals surface area (Å²) >= 11 is 3.23. The largest absolute Gasteiger partial charge is 0.480 e. The Morgan fingerprint density at radius 1 is 1.23 bits per heavy atom. The predicted molar refractivity (Wildman–Crippen MR) is 83.2 cm³/mol. The Morgan fingerprint density at radius 2 is 1.82 bits per heavy atom. The van der Waals surface area contributed by atoms with Crippen LogP contribution in [0.15, 0.2) is 33.6 Å². The van der Waals surface area contributed by atoms with E-state index in [1.54, 1.807) is 12.1 Å². The average Bonchev–Trinajstić information content (AvgIpc) is 3.20. The smallest absolute Gasteiger partial charge is 0.329 e. The molecule has 1 saturated carbocycles. The molecule has 120 valence electrons. The van der Waals surface area contributed by atoms with Gasteiger partial charge in [-0.25, -0.2) is 13.2 Å². The van der Waals surface area contributed by atoms with Gasteiger partial charge in [0.15, 0.2) is 9.84 Å². The molecule has 0 spiro atoms. The number of aliphatic carboxylic acids is 1. The Kier molecular flexibility index (Phi) is 4.91. The minimum absolute atomic E-state index is 0.00914. The predicted octanol–water partition coefficient (Wildman–Crippen LogP) is 1.74. The van der Waals surface area contributed by atoms with Crippen molar-refractivity contribution in [2.75, 3.05) is 5.75 Å². The van der Waals surface area contributed by atoms with Gasteiger partial charge in [-0.15, -0.1) is 0 Å². The lowest BCUT2D eigenvalue weighted by atomic mass is 10.2. The first-order chi connectivity index (χ1) is 10.3. The zero-order valence-corrected chi connectivity index (χ0v) is 14.1. The number of carbonyl (C=O) groups excluding carboxylic acids is 1. The van der Waals surface area contributed by atoms with Crippen LogP contribution in [-0.4, -0.2) is 36.7 Å². The summed E-state index contributed by atoms with van der Waals surface area (Å²) in [6.07, 6.45) is 0.987. The van der Waals surface area contributed by atoms with Gasteiger partial charge in [0.05, 0.1) is 10.6 Å². The first-order valence-electron chi connectivity index (χ1n) is 6.78. The Balaban J connectivity index is 1.84. The average molecular weight is 390 g/mol. The van der Waals surface area contributed by atoms with Crippen LogP contribution in [0.25, 0.3) is 0 Å². The molecular weight excluding hydrogens is 374 g/mol. The number of carbonyl (C=O) groups is 2. The van der Waals surface area contributed by atoms with Crippen LogP contribution in [0.1, 0.15) is 25.7 Å². The Morgan fingerprint density at radius 3 is 2.32 bits per heavy atom. The number of halogens is 1. The molecule has 0 saturated heterocycles. The van der Waals surface area contributed by atoms with E-state index in [0.717, 1.165) is 4.47 Å². The lowest BCUT2D eigenvalue weighted by Crippen LogP contribution is -2.43. The highest BCUT2D eigenvalue weighted by molar-refractivity contribution is 9.10. The fourth-order valence-corrected chi connectivity index (χ4v) is 3.60. The third-order valence-corrected chi connectivity index (χ3v) is 5.87. The summed E-state index contributed by atoms with van der Waals surface area (Å²) in [5.74, 6) is -1.61. The molecule has 0 aromatic heterocycles. The molecule has 0 radical (unpaired) electrons. The third-order valence-electron chi connectivity index (χ3n) is 3.53. The molecule has 1 fully saturated rings. The first-order valence-corrected chi connectivity index (χ1v) is 9.22. The number of benzene rings is 1. The Hall–Kier alpha value is -1.41. The van der Waals surface area contributed by atoms with E-state index in [2.05, 4.69) is 21.2 Å². The van der Waals surface area contributed by atoms with Crippen molar-refractivity contribution < 1.29 is 23.1 Å². The zero-order valence-electron chi connectivity index (χ0n) is 11.7. The van der Waals surface area contributed by atoms with Gasteiger partial charge in [-0.2, -0.15) is 0 Å². The molecule has 1 aromatic rings. The summed E-state index contributed by atoms with van der Waals surface area (Å²) in [5, 5.41) is 11.4. The molecule has 1 aliphatic rings. The maximum Gasteiger partial charge on any atom is 0.329 e. The first kappa shape index (κ1) is 17.0. The van der Waals surface area contributed by atoms with Gasteiger partial charge < -0.3 is 10.4 Å². The lowest BCUT2D eigenvalue weighted by Gasteiger charge is -2.12. The van der Waals surface area contributed by atoms with Crippen molar-refractivity contribution in [1.29, 1.82) is 0 Å². The molecule has 1 aromatic carbocycles. The zero-order chi connectivity index (χ0) is 16.4. The molecule has 8 heteroatoms. The van der Waals surface area contributed by atoms with Gasteiger partial charge in [-0.05, 0) is 43.5 Å². The molecule has 6 nitrogen and oxygen atoms in total. The highest BCUT2D eigenvalue weighted by Crippen LogP contribution is 2.35. The summed E-state index contributed by atoms with van der Waals surface area (Å²) in [4.78, 5) is 22.9. The van der Waals surface area contributed by atoms with Crippen molar-refractivity contribution in [2.24, 2.45) is 0 Å². The topological polar surface area (TPSA) is 101 Å². The van der Waals surface area contributed by atoms with Crippen LogP contribution in [-0.2, 0) is 19.4 Å². The van der Waals surface area contributed by atoms with Gasteiger partial charge in [-0.1, -0.05) is 15.9 Å². The number of carboxylic acids is 1. The van der Waals surface area contributed by atoms with Gasteiger partial charge in [0.2, 0.25) is 5.91 Å². The highest BCUT2D eigenvalue weighted by Gasteiger charge is 2.51. The SMILES string of the molecule is O=C(CCCS(=O)(=O)c1ccc(Br)cc1)NC1(C(=O)O)CC1. The Bertz CT molecular complexity index is 680. The summed E-state index contributed by atoms with van der Waals surface area (Å²) in [6.45, 7) is 0. The number of amides is 1. The van der Waals surface area contributed by atoms with E-state index >= 15 is 0 Å². The molecule has 1 amide bonds. The minimum atomic E-state index is -3.43. The summed E-state index contributed by atoms with van der Waals surface area (Å²) in [7, 11) is -3.43. The molecule has 0 heterocycles. The quantitative estimate of drug-likeness (QED) is 0.739. The van der Waals surface area contributed by atoms with Crippen molar-refractivity contribution in [1.82, 2.24) is 5.32 Å². The number of rotatable bonds is 7. The molecule has 0 atom stereocenters. The van der Waals surface area contributed by atoms with Crippen LogP contribution in [0.5, 0.6) is 0 Å². The van der Waals surface area contributed by atoms with Crippen LogP contribution < -0.4 is 5.32 Å². The van der Waals surface area contributed by atoms with E-state index < -0.39 is 27.3 Å². The molecule has 0 unspecified atom stereocenters. The fraction of sp³-hybridized carbons (Fsp3) is 0.429. The van der Waals surface area contributed by atoms with Crippen molar-refractivity contribution >= 4 is 37.6 Å². The van der Waals surface area contributed by atoms with E-state index in [-0.39, 0.29) is 23.5 Å². The van der Waals surface area contributed by atoms with Crippen LogP contribution in [0, 0.1) is 0 Å². The second kappa shape index (κ2) is 6.37. The summed E-state index contributed by atoms with van der Waals surface area (Å²) in [6, 6.07) is 6.29. The van der Waals surface area contributed by atoms with Crippen molar-refractivity contribution in [3.63, 3.8) is 0 Å². The van der Waals surface area contributed by atoms with Crippen LogP contribution >= 0.6 is 15.9 Å². The van der Waals surface area contributed by atoms with Crippen LogP contribution in [0.4, 0.5) is 0 Å². The Labute approximate surface area is 137 Å².